The van der Waals surface area contributed by atoms with Gasteiger partial charge >= 0.3 is 0 Å². The minimum absolute atomic E-state index is 0.578. The lowest BCUT2D eigenvalue weighted by molar-refractivity contribution is 0.197. The van der Waals surface area contributed by atoms with E-state index in [1.165, 1.54) is 0 Å². The average molecular weight is 288 g/mol. The first-order valence-corrected chi connectivity index (χ1v) is 7.41. The van der Waals surface area contributed by atoms with Crippen molar-refractivity contribution in [1.82, 2.24) is 15.1 Å². The van der Waals surface area contributed by atoms with Gasteiger partial charge in [0.1, 0.15) is 0 Å². The summed E-state index contributed by atoms with van der Waals surface area (Å²) < 4.78 is 6.96. The molecule has 1 unspecified atom stereocenters. The summed E-state index contributed by atoms with van der Waals surface area (Å²) in [5, 5.41) is 8.74. The first kappa shape index (κ1) is 16.5. The van der Waals surface area contributed by atoms with E-state index in [2.05, 4.69) is 24.3 Å². The van der Waals surface area contributed by atoms with Crippen LogP contribution < -0.4 is 5.32 Å². The van der Waals surface area contributed by atoms with Crippen molar-refractivity contribution in [1.29, 1.82) is 0 Å². The topological polar surface area (TPSA) is 39.1 Å². The number of aryl methyl sites for hydroxylation is 2. The second-order valence-electron chi connectivity index (χ2n) is 4.86. The van der Waals surface area contributed by atoms with E-state index in [1.807, 2.05) is 11.7 Å². The number of hydrogen-bond donors (Lipinski definition) is 1. The van der Waals surface area contributed by atoms with Crippen molar-refractivity contribution < 1.29 is 4.74 Å². The molecule has 4 nitrogen and oxygen atoms in total. The van der Waals surface area contributed by atoms with E-state index < -0.39 is 0 Å². The van der Waals surface area contributed by atoms with Gasteiger partial charge in [0.25, 0.3) is 0 Å². The molecule has 0 amide bonds. The Morgan fingerprint density at radius 1 is 1.42 bits per heavy atom. The summed E-state index contributed by atoms with van der Waals surface area (Å²) in [4.78, 5) is 0. The maximum absolute atomic E-state index is 6.39. The number of halogens is 1. The molecule has 0 aliphatic rings. The number of methoxy groups -OCH3 is 1. The molecule has 0 radical (unpaired) electrons. The van der Waals surface area contributed by atoms with Gasteiger partial charge in [-0.25, -0.2) is 0 Å². The summed E-state index contributed by atoms with van der Waals surface area (Å²) in [6, 6.07) is 0. The summed E-state index contributed by atoms with van der Waals surface area (Å²) in [5.41, 5.74) is 2.15. The predicted octanol–water partition coefficient (Wildman–Crippen LogP) is 2.44. The van der Waals surface area contributed by atoms with Crippen LogP contribution in [-0.2, 0) is 24.6 Å². The SMILES string of the molecule is CCc1nn(C)c(CC(CC)CNCCOC)c1Cl. The van der Waals surface area contributed by atoms with Crippen LogP contribution in [0.4, 0.5) is 0 Å². The number of aromatic nitrogens is 2. The van der Waals surface area contributed by atoms with Gasteiger partial charge in [0.05, 0.1) is 23.0 Å². The molecule has 0 fully saturated rings. The summed E-state index contributed by atoms with van der Waals surface area (Å²) in [7, 11) is 3.70. The molecule has 0 saturated carbocycles. The Morgan fingerprint density at radius 2 is 2.16 bits per heavy atom. The molecule has 1 aromatic heterocycles. The van der Waals surface area contributed by atoms with Crippen molar-refractivity contribution >= 4 is 11.6 Å². The molecular weight excluding hydrogens is 262 g/mol. The van der Waals surface area contributed by atoms with Gasteiger partial charge in [-0.1, -0.05) is 31.9 Å². The Balaban J connectivity index is 2.57. The molecule has 110 valence electrons. The van der Waals surface area contributed by atoms with Gasteiger partial charge in [0.2, 0.25) is 0 Å². The minimum Gasteiger partial charge on any atom is -0.383 e. The molecule has 0 bridgehead atoms. The first-order chi connectivity index (χ1) is 9.13. The minimum atomic E-state index is 0.578. The fraction of sp³-hybridized carbons (Fsp3) is 0.786. The highest BCUT2D eigenvalue weighted by Crippen LogP contribution is 2.24. The van der Waals surface area contributed by atoms with Crippen molar-refractivity contribution in [3.8, 4) is 0 Å². The van der Waals surface area contributed by atoms with Crippen LogP contribution in [-0.4, -0.2) is 36.6 Å². The van der Waals surface area contributed by atoms with E-state index in [0.29, 0.717) is 5.92 Å². The third-order valence-corrected chi connectivity index (χ3v) is 3.91. The van der Waals surface area contributed by atoms with Gasteiger partial charge in [-0.05, 0) is 25.3 Å². The highest BCUT2D eigenvalue weighted by atomic mass is 35.5. The van der Waals surface area contributed by atoms with E-state index in [0.717, 1.165) is 55.4 Å². The van der Waals surface area contributed by atoms with E-state index in [9.17, 15) is 0 Å². The highest BCUT2D eigenvalue weighted by Gasteiger charge is 2.16. The van der Waals surface area contributed by atoms with Gasteiger partial charge < -0.3 is 10.1 Å². The lowest BCUT2D eigenvalue weighted by Gasteiger charge is -2.16. The van der Waals surface area contributed by atoms with Crippen LogP contribution in [0, 0.1) is 5.92 Å². The number of rotatable bonds is 9. The monoisotopic (exact) mass is 287 g/mol. The highest BCUT2D eigenvalue weighted by molar-refractivity contribution is 6.31. The molecule has 19 heavy (non-hydrogen) atoms. The molecule has 1 N–H and O–H groups in total. The zero-order chi connectivity index (χ0) is 14.3. The second-order valence-corrected chi connectivity index (χ2v) is 5.24. The molecule has 1 heterocycles. The van der Waals surface area contributed by atoms with Gasteiger partial charge in [-0.3, -0.25) is 4.68 Å². The van der Waals surface area contributed by atoms with Crippen LogP contribution in [0.15, 0.2) is 0 Å². The van der Waals surface area contributed by atoms with E-state index in [4.69, 9.17) is 16.3 Å². The largest absolute Gasteiger partial charge is 0.383 e. The Hall–Kier alpha value is -0.580. The van der Waals surface area contributed by atoms with Gasteiger partial charge in [-0.15, -0.1) is 0 Å². The number of nitrogens with one attached hydrogen (secondary N) is 1. The fourth-order valence-electron chi connectivity index (χ4n) is 2.16. The summed E-state index contributed by atoms with van der Waals surface area (Å²) >= 11 is 6.39. The van der Waals surface area contributed by atoms with Gasteiger partial charge in [-0.2, -0.15) is 5.10 Å². The molecule has 0 saturated heterocycles. The smallest absolute Gasteiger partial charge is 0.0849 e. The van der Waals surface area contributed by atoms with Crippen LogP contribution in [0.3, 0.4) is 0 Å². The van der Waals surface area contributed by atoms with Crippen molar-refractivity contribution in [3.63, 3.8) is 0 Å². The van der Waals surface area contributed by atoms with Crippen LogP contribution in [0.2, 0.25) is 5.02 Å². The summed E-state index contributed by atoms with van der Waals surface area (Å²) in [5.74, 6) is 0.578. The van der Waals surface area contributed by atoms with E-state index in [1.54, 1.807) is 7.11 Å². The Labute approximate surface area is 121 Å². The molecule has 0 aromatic carbocycles. The molecule has 0 aliphatic heterocycles. The average Bonchev–Trinajstić information content (AvgIpc) is 2.69. The lowest BCUT2D eigenvalue weighted by Crippen LogP contribution is -2.27. The van der Waals surface area contributed by atoms with Gasteiger partial charge in [0, 0.05) is 20.7 Å². The third-order valence-electron chi connectivity index (χ3n) is 3.48. The molecule has 0 spiro atoms. The zero-order valence-electron chi connectivity index (χ0n) is 12.5. The molecule has 1 atom stereocenters. The van der Waals surface area contributed by atoms with Gasteiger partial charge in [0.15, 0.2) is 0 Å². The normalized spacial score (nSPS) is 12.9. The Morgan fingerprint density at radius 3 is 2.68 bits per heavy atom. The maximum Gasteiger partial charge on any atom is 0.0849 e. The molecule has 0 aliphatic carbocycles. The third kappa shape index (κ3) is 4.79. The second kappa shape index (κ2) is 8.56. The predicted molar refractivity (Wildman–Crippen MR) is 79.8 cm³/mol. The standard InChI is InChI=1S/C14H26ClN3O/c1-5-11(10-16-7-8-19-4)9-13-14(15)12(6-2)17-18(13)3/h11,16H,5-10H2,1-4H3. The number of ether oxygens (including phenoxy) is 1. The molecule has 1 aromatic rings. The van der Waals surface area contributed by atoms with Crippen LogP contribution in [0.1, 0.15) is 31.7 Å². The van der Waals surface area contributed by atoms with E-state index >= 15 is 0 Å². The lowest BCUT2D eigenvalue weighted by atomic mass is 10.00. The zero-order valence-corrected chi connectivity index (χ0v) is 13.3. The molecule has 1 rings (SSSR count). The quantitative estimate of drug-likeness (QED) is 0.709. The summed E-state index contributed by atoms with van der Waals surface area (Å²) in [6.45, 7) is 6.94. The number of nitrogens with zero attached hydrogens (tertiary/aromatic N) is 2. The van der Waals surface area contributed by atoms with Crippen LogP contribution in [0.25, 0.3) is 0 Å². The summed E-state index contributed by atoms with van der Waals surface area (Å²) in [6.07, 6.45) is 2.98. The van der Waals surface area contributed by atoms with Crippen molar-refractivity contribution in [2.75, 3.05) is 26.8 Å². The van der Waals surface area contributed by atoms with Crippen molar-refractivity contribution in [2.24, 2.45) is 13.0 Å². The first-order valence-electron chi connectivity index (χ1n) is 7.03. The van der Waals surface area contributed by atoms with Crippen LogP contribution in [0.5, 0.6) is 0 Å². The van der Waals surface area contributed by atoms with Crippen molar-refractivity contribution in [2.45, 2.75) is 33.1 Å². The van der Waals surface area contributed by atoms with E-state index in [-0.39, 0.29) is 0 Å². The number of hydrogen-bond acceptors (Lipinski definition) is 3. The fourth-order valence-corrected chi connectivity index (χ4v) is 2.53. The molecule has 5 heteroatoms. The Kier molecular flexibility index (Phi) is 7.42. The van der Waals surface area contributed by atoms with Crippen molar-refractivity contribution in [3.05, 3.63) is 16.4 Å². The molecular formula is C14H26ClN3O. The van der Waals surface area contributed by atoms with Crippen LogP contribution >= 0.6 is 11.6 Å². The Bertz CT molecular complexity index is 379. The maximum atomic E-state index is 6.39.